The smallest absolute Gasteiger partial charge is 0.215 e. The molecule has 0 aliphatic heterocycles. The maximum Gasteiger partial charge on any atom is 0.215 e. The minimum absolute atomic E-state index is 0.144. The van der Waals surface area contributed by atoms with Gasteiger partial charge in [-0.05, 0) is 65.6 Å². The first-order valence-corrected chi connectivity index (χ1v) is 10.0. The molecular weight excluding hydrogens is 386 g/mol. The lowest BCUT2D eigenvalue weighted by Crippen LogP contribution is -2.48. The molecule has 2 N–H and O–H groups in total. The second-order valence-corrected chi connectivity index (χ2v) is 7.43. The first kappa shape index (κ1) is 20.2. The number of aromatic hydroxyl groups is 2. The van der Waals surface area contributed by atoms with Crippen molar-refractivity contribution in [1.29, 1.82) is 0 Å². The number of nitrogens with zero attached hydrogens (tertiary/aromatic N) is 1. The fraction of sp³-hybridized carbons (Fsp3) is 0.0741. The molecule has 4 heteroatoms. The summed E-state index contributed by atoms with van der Waals surface area (Å²) < 4.78 is 0. The van der Waals surface area contributed by atoms with Crippen LogP contribution in [0, 0.1) is 6.92 Å². The molecule has 1 amide bonds. The van der Waals surface area contributed by atoms with E-state index in [0.717, 1.165) is 34.4 Å². The van der Waals surface area contributed by atoms with Gasteiger partial charge >= 0.3 is 0 Å². The van der Waals surface area contributed by atoms with Crippen molar-refractivity contribution in [3.8, 4) is 11.5 Å². The maximum atomic E-state index is 12.7. The van der Waals surface area contributed by atoms with Crippen LogP contribution in [-0.2, 0) is 10.3 Å². The summed E-state index contributed by atoms with van der Waals surface area (Å²) in [5.41, 5.74) is 3.23. The predicted molar refractivity (Wildman–Crippen MR) is 122 cm³/mol. The number of hydrogen-bond donors (Lipinski definition) is 2. The van der Waals surface area contributed by atoms with Gasteiger partial charge in [0.05, 0.1) is 0 Å². The number of phenols is 2. The van der Waals surface area contributed by atoms with Crippen molar-refractivity contribution in [1.82, 2.24) is 0 Å². The lowest BCUT2D eigenvalue weighted by molar-refractivity contribution is -0.108. The summed E-state index contributed by atoms with van der Waals surface area (Å²) in [7, 11) is 0. The van der Waals surface area contributed by atoms with Crippen LogP contribution in [0.3, 0.4) is 0 Å². The molecule has 4 aromatic rings. The molecule has 0 saturated carbocycles. The first-order valence-electron chi connectivity index (χ1n) is 10.0. The van der Waals surface area contributed by atoms with Gasteiger partial charge in [-0.15, -0.1) is 0 Å². The van der Waals surface area contributed by atoms with E-state index in [1.807, 2.05) is 85.8 Å². The van der Waals surface area contributed by atoms with Crippen LogP contribution in [0.5, 0.6) is 11.5 Å². The number of anilines is 1. The van der Waals surface area contributed by atoms with Gasteiger partial charge in [-0.1, -0.05) is 66.7 Å². The molecule has 4 aromatic carbocycles. The Labute approximate surface area is 181 Å². The van der Waals surface area contributed by atoms with Gasteiger partial charge in [0.1, 0.15) is 17.0 Å². The van der Waals surface area contributed by atoms with E-state index < -0.39 is 5.54 Å². The van der Waals surface area contributed by atoms with Gasteiger partial charge in [-0.25, -0.2) is 0 Å². The van der Waals surface area contributed by atoms with Gasteiger partial charge in [-0.3, -0.25) is 9.69 Å². The second-order valence-electron chi connectivity index (χ2n) is 7.43. The lowest BCUT2D eigenvalue weighted by Gasteiger charge is -2.44. The minimum Gasteiger partial charge on any atom is -0.508 e. The Morgan fingerprint density at radius 2 is 1.16 bits per heavy atom. The normalized spacial score (nSPS) is 11.1. The molecule has 0 aliphatic carbocycles. The van der Waals surface area contributed by atoms with E-state index in [-0.39, 0.29) is 11.5 Å². The Kier molecular flexibility index (Phi) is 5.46. The van der Waals surface area contributed by atoms with Crippen molar-refractivity contribution in [2.24, 2.45) is 0 Å². The number of rotatable bonds is 6. The highest BCUT2D eigenvalue weighted by atomic mass is 16.3. The van der Waals surface area contributed by atoms with Crippen molar-refractivity contribution >= 4 is 12.1 Å². The van der Waals surface area contributed by atoms with E-state index >= 15 is 0 Å². The molecule has 0 unspecified atom stereocenters. The summed E-state index contributed by atoms with van der Waals surface area (Å²) in [6, 6.07) is 31.2. The van der Waals surface area contributed by atoms with Crippen molar-refractivity contribution in [2.75, 3.05) is 4.90 Å². The van der Waals surface area contributed by atoms with Crippen LogP contribution in [0.1, 0.15) is 22.3 Å². The van der Waals surface area contributed by atoms with Crippen molar-refractivity contribution in [3.63, 3.8) is 0 Å². The molecule has 31 heavy (non-hydrogen) atoms. The highest BCUT2D eigenvalue weighted by Crippen LogP contribution is 2.45. The van der Waals surface area contributed by atoms with E-state index in [4.69, 9.17) is 0 Å². The van der Waals surface area contributed by atoms with Crippen LogP contribution < -0.4 is 4.90 Å². The topological polar surface area (TPSA) is 60.8 Å². The Morgan fingerprint density at radius 3 is 1.65 bits per heavy atom. The number of carbonyl (C=O) groups excluding carboxylic acids is 1. The van der Waals surface area contributed by atoms with Crippen LogP contribution in [-0.4, -0.2) is 16.6 Å². The van der Waals surface area contributed by atoms with Gasteiger partial charge < -0.3 is 10.2 Å². The van der Waals surface area contributed by atoms with Gasteiger partial charge in [0.15, 0.2) is 0 Å². The third-order valence-corrected chi connectivity index (χ3v) is 5.61. The van der Waals surface area contributed by atoms with E-state index in [1.54, 1.807) is 29.2 Å². The zero-order valence-electron chi connectivity index (χ0n) is 17.1. The molecule has 0 spiro atoms. The van der Waals surface area contributed by atoms with E-state index in [0.29, 0.717) is 0 Å². The molecule has 0 atom stereocenters. The molecule has 0 heterocycles. The van der Waals surface area contributed by atoms with Crippen LogP contribution in [0.15, 0.2) is 103 Å². The third-order valence-electron chi connectivity index (χ3n) is 5.61. The Hall–Kier alpha value is -4.05. The Balaban J connectivity index is 2.15. The monoisotopic (exact) mass is 409 g/mol. The van der Waals surface area contributed by atoms with Crippen LogP contribution in [0.2, 0.25) is 0 Å². The van der Waals surface area contributed by atoms with E-state index in [1.165, 1.54) is 0 Å². The second kappa shape index (κ2) is 8.36. The van der Waals surface area contributed by atoms with E-state index in [9.17, 15) is 15.0 Å². The van der Waals surface area contributed by atoms with Gasteiger partial charge in [0, 0.05) is 5.69 Å². The Morgan fingerprint density at radius 1 is 0.677 bits per heavy atom. The van der Waals surface area contributed by atoms with Crippen LogP contribution >= 0.6 is 0 Å². The predicted octanol–water partition coefficient (Wildman–Crippen LogP) is 5.36. The van der Waals surface area contributed by atoms with Crippen molar-refractivity contribution < 1.29 is 15.0 Å². The summed E-state index contributed by atoms with van der Waals surface area (Å²) in [6.07, 6.45) is 0.835. The highest BCUT2D eigenvalue weighted by molar-refractivity contribution is 5.82. The molecule has 4 rings (SSSR count). The van der Waals surface area contributed by atoms with Crippen LogP contribution in [0.25, 0.3) is 0 Å². The number of benzene rings is 4. The first-order chi connectivity index (χ1) is 15.1. The number of carbonyl (C=O) groups is 1. The average Bonchev–Trinajstić information content (AvgIpc) is 2.80. The SMILES string of the molecule is Cc1ccccc1C(c1ccc(O)cc1)(c1ccc(O)cc1)N(C=O)c1ccccc1. The quantitative estimate of drug-likeness (QED) is 0.333. The largest absolute Gasteiger partial charge is 0.508 e. The fourth-order valence-corrected chi connectivity index (χ4v) is 4.19. The van der Waals surface area contributed by atoms with Crippen molar-refractivity contribution in [2.45, 2.75) is 12.5 Å². The number of phenolic OH excluding ortho intramolecular Hbond substituents is 2. The fourth-order valence-electron chi connectivity index (χ4n) is 4.19. The Bertz CT molecular complexity index is 1120. The molecule has 0 aromatic heterocycles. The van der Waals surface area contributed by atoms with Crippen LogP contribution in [0.4, 0.5) is 5.69 Å². The number of amides is 1. The lowest BCUT2D eigenvalue weighted by atomic mass is 9.74. The minimum atomic E-state index is -1.03. The third kappa shape index (κ3) is 3.53. The van der Waals surface area contributed by atoms with Crippen molar-refractivity contribution in [3.05, 3.63) is 125 Å². The number of hydrogen-bond acceptors (Lipinski definition) is 3. The zero-order chi connectivity index (χ0) is 21.8. The molecule has 0 radical (unpaired) electrons. The molecule has 4 nitrogen and oxygen atoms in total. The van der Waals surface area contributed by atoms with Gasteiger partial charge in [0.2, 0.25) is 6.41 Å². The number of aryl methyl sites for hydroxylation is 1. The average molecular weight is 409 g/mol. The molecule has 0 bridgehead atoms. The molecule has 0 fully saturated rings. The molecule has 0 aliphatic rings. The van der Waals surface area contributed by atoms with E-state index in [2.05, 4.69) is 0 Å². The summed E-state index contributed by atoms with van der Waals surface area (Å²) in [5, 5.41) is 19.9. The standard InChI is InChI=1S/C27H23NO3/c1-20-7-5-6-10-26(20)27(21-11-15-24(30)16-12-21,22-13-17-25(31)18-14-22)28(19-29)23-8-3-2-4-9-23/h2-19,30-31H,1H3. The zero-order valence-corrected chi connectivity index (χ0v) is 17.1. The summed E-state index contributed by atoms with van der Waals surface area (Å²) in [4.78, 5) is 14.4. The highest BCUT2D eigenvalue weighted by Gasteiger charge is 2.43. The molecule has 154 valence electrons. The van der Waals surface area contributed by atoms with Gasteiger partial charge in [-0.2, -0.15) is 0 Å². The summed E-state index contributed by atoms with van der Waals surface area (Å²) >= 11 is 0. The molecule has 0 saturated heterocycles. The maximum absolute atomic E-state index is 12.7. The summed E-state index contributed by atoms with van der Waals surface area (Å²) in [5.74, 6) is 0.288. The van der Waals surface area contributed by atoms with Gasteiger partial charge in [0.25, 0.3) is 0 Å². The molecular formula is C27H23NO3. The summed E-state index contributed by atoms with van der Waals surface area (Å²) in [6.45, 7) is 2.01. The number of para-hydroxylation sites is 1.